The number of carbonyl (C=O) groups excluding carboxylic acids is 2. The van der Waals surface area contributed by atoms with E-state index in [4.69, 9.17) is 4.74 Å². The van der Waals surface area contributed by atoms with Crippen LogP contribution in [0.2, 0.25) is 0 Å². The first kappa shape index (κ1) is 19.7. The number of rotatable bonds is 4. The number of ether oxygens (including phenoxy) is 1. The summed E-state index contributed by atoms with van der Waals surface area (Å²) >= 11 is 5.39. The van der Waals surface area contributed by atoms with Gasteiger partial charge in [0, 0.05) is 9.13 Å². The molecule has 0 N–H and O–H groups in total. The molecule has 0 unspecified atom stereocenters. The largest absolute Gasteiger partial charge is 0.495 e. The van der Waals surface area contributed by atoms with Gasteiger partial charge in [-0.25, -0.2) is 0 Å². The molecular formula is C19H15I2NO3S. The van der Waals surface area contributed by atoms with Gasteiger partial charge >= 0.3 is 0 Å². The number of amides is 2. The Morgan fingerprint density at radius 1 is 1.19 bits per heavy atom. The highest BCUT2D eigenvalue weighted by Gasteiger charge is 2.35. The van der Waals surface area contributed by atoms with Gasteiger partial charge in [-0.15, -0.1) is 0 Å². The minimum absolute atomic E-state index is 0.248. The summed E-state index contributed by atoms with van der Waals surface area (Å²) in [6, 6.07) is 11.8. The Kier molecular flexibility index (Phi) is 6.29. The van der Waals surface area contributed by atoms with Crippen LogP contribution in [0.4, 0.5) is 4.79 Å². The van der Waals surface area contributed by atoms with Gasteiger partial charge in [0.1, 0.15) is 5.75 Å². The average Bonchev–Trinajstić information content (AvgIpc) is 2.82. The van der Waals surface area contributed by atoms with Crippen molar-refractivity contribution in [2.24, 2.45) is 0 Å². The Labute approximate surface area is 183 Å². The molecule has 7 heteroatoms. The van der Waals surface area contributed by atoms with Gasteiger partial charge in [-0.1, -0.05) is 29.8 Å². The lowest BCUT2D eigenvalue weighted by molar-refractivity contribution is -0.123. The van der Waals surface area contributed by atoms with Crippen molar-refractivity contribution in [3.63, 3.8) is 0 Å². The smallest absolute Gasteiger partial charge is 0.293 e. The second kappa shape index (κ2) is 8.30. The van der Waals surface area contributed by atoms with Crippen LogP contribution in [-0.2, 0) is 11.3 Å². The molecule has 4 nitrogen and oxygen atoms in total. The number of hydrogen-bond acceptors (Lipinski definition) is 4. The highest BCUT2D eigenvalue weighted by molar-refractivity contribution is 14.1. The van der Waals surface area contributed by atoms with E-state index in [1.54, 1.807) is 13.2 Å². The number of benzene rings is 2. The zero-order chi connectivity index (χ0) is 18.8. The van der Waals surface area contributed by atoms with Gasteiger partial charge in [0.25, 0.3) is 11.1 Å². The zero-order valence-corrected chi connectivity index (χ0v) is 19.2. The van der Waals surface area contributed by atoms with E-state index in [0.29, 0.717) is 10.7 Å². The van der Waals surface area contributed by atoms with Crippen molar-refractivity contribution in [1.29, 1.82) is 0 Å². The van der Waals surface area contributed by atoms with Gasteiger partial charge in [0.15, 0.2) is 0 Å². The standard InChI is InChI=1S/C19H15I2NO3S/c1-11-4-3-5-12(6-11)10-22-18(23)16(26-19(22)24)8-13-7-14(20)9-15(21)17(13)25-2/h3-9H,10H2,1-2H3/b16-8+. The molecule has 1 saturated heterocycles. The number of hydrogen-bond donors (Lipinski definition) is 0. The lowest BCUT2D eigenvalue weighted by Crippen LogP contribution is -2.27. The molecule has 0 spiro atoms. The van der Waals surface area contributed by atoms with E-state index in [9.17, 15) is 9.59 Å². The SMILES string of the molecule is COc1c(I)cc(I)cc1/C=C1/SC(=O)N(Cc2cccc(C)c2)C1=O. The molecule has 26 heavy (non-hydrogen) atoms. The molecule has 1 aliphatic heterocycles. The lowest BCUT2D eigenvalue weighted by atomic mass is 10.1. The molecule has 0 bridgehead atoms. The van der Waals surface area contributed by atoms with Crippen LogP contribution in [-0.4, -0.2) is 23.2 Å². The molecule has 3 rings (SSSR count). The third-order valence-electron chi connectivity index (χ3n) is 3.82. The minimum atomic E-state index is -0.266. The zero-order valence-electron chi connectivity index (χ0n) is 14.1. The molecule has 1 aliphatic rings. The normalized spacial score (nSPS) is 15.8. The Hall–Kier alpha value is -1.07. The van der Waals surface area contributed by atoms with Gasteiger partial charge in [-0.05, 0) is 87.6 Å². The molecule has 0 aliphatic carbocycles. The first-order valence-electron chi connectivity index (χ1n) is 7.73. The summed E-state index contributed by atoms with van der Waals surface area (Å²) in [5.41, 5.74) is 2.84. The topological polar surface area (TPSA) is 46.6 Å². The maximum Gasteiger partial charge on any atom is 0.293 e. The third kappa shape index (κ3) is 4.25. The van der Waals surface area contributed by atoms with E-state index in [1.807, 2.05) is 43.3 Å². The molecule has 0 aromatic heterocycles. The summed E-state index contributed by atoms with van der Waals surface area (Å²) in [6.07, 6.45) is 1.74. The van der Waals surface area contributed by atoms with Gasteiger partial charge in [-0.2, -0.15) is 0 Å². The van der Waals surface area contributed by atoms with Crippen molar-refractivity contribution in [3.8, 4) is 5.75 Å². The van der Waals surface area contributed by atoms with Gasteiger partial charge in [-0.3, -0.25) is 14.5 Å². The molecule has 0 radical (unpaired) electrons. The highest BCUT2D eigenvalue weighted by Crippen LogP contribution is 2.36. The first-order chi connectivity index (χ1) is 12.4. The molecule has 134 valence electrons. The van der Waals surface area contributed by atoms with Crippen molar-refractivity contribution < 1.29 is 14.3 Å². The number of methoxy groups -OCH3 is 1. The third-order valence-corrected chi connectivity index (χ3v) is 6.16. The molecule has 2 aromatic rings. The molecule has 1 heterocycles. The average molecular weight is 591 g/mol. The monoisotopic (exact) mass is 591 g/mol. The predicted molar refractivity (Wildman–Crippen MR) is 121 cm³/mol. The van der Waals surface area contributed by atoms with Crippen LogP contribution >= 0.6 is 56.9 Å². The number of nitrogens with zero attached hydrogens (tertiary/aromatic N) is 1. The summed E-state index contributed by atoms with van der Waals surface area (Å²) < 4.78 is 7.46. The van der Waals surface area contributed by atoms with Crippen LogP contribution in [0.5, 0.6) is 5.75 Å². The number of thioether (sulfide) groups is 1. The number of aryl methyl sites for hydroxylation is 1. The summed E-state index contributed by atoms with van der Waals surface area (Å²) in [6.45, 7) is 2.27. The van der Waals surface area contributed by atoms with Crippen LogP contribution in [0.3, 0.4) is 0 Å². The van der Waals surface area contributed by atoms with E-state index in [-0.39, 0.29) is 17.7 Å². The maximum atomic E-state index is 12.8. The van der Waals surface area contributed by atoms with Crippen LogP contribution in [0.15, 0.2) is 41.3 Å². The molecular weight excluding hydrogens is 576 g/mol. The summed E-state index contributed by atoms with van der Waals surface area (Å²) in [5, 5.41) is -0.248. The maximum absolute atomic E-state index is 12.8. The first-order valence-corrected chi connectivity index (χ1v) is 10.7. The van der Waals surface area contributed by atoms with Crippen molar-refractivity contribution in [2.75, 3.05) is 7.11 Å². The number of halogens is 2. The van der Waals surface area contributed by atoms with Crippen molar-refractivity contribution in [2.45, 2.75) is 13.5 Å². The second-order valence-electron chi connectivity index (χ2n) is 5.77. The van der Waals surface area contributed by atoms with E-state index >= 15 is 0 Å². The minimum Gasteiger partial charge on any atom is -0.495 e. The van der Waals surface area contributed by atoms with Crippen molar-refractivity contribution >= 4 is 74.2 Å². The summed E-state index contributed by atoms with van der Waals surface area (Å²) in [5.74, 6) is 0.439. The predicted octanol–water partition coefficient (Wildman–Crippen LogP) is 5.45. The Morgan fingerprint density at radius 3 is 2.65 bits per heavy atom. The van der Waals surface area contributed by atoms with Crippen LogP contribution in [0.25, 0.3) is 6.08 Å². The Bertz CT molecular complexity index is 927. The fourth-order valence-corrected chi connectivity index (χ4v) is 5.61. The van der Waals surface area contributed by atoms with E-state index in [0.717, 1.165) is 35.6 Å². The van der Waals surface area contributed by atoms with Crippen LogP contribution < -0.4 is 4.74 Å². The van der Waals surface area contributed by atoms with Crippen LogP contribution in [0, 0.1) is 14.1 Å². The van der Waals surface area contributed by atoms with Gasteiger partial charge in [0.05, 0.1) is 22.1 Å². The van der Waals surface area contributed by atoms with E-state index in [1.165, 1.54) is 4.90 Å². The fourth-order valence-electron chi connectivity index (χ4n) is 2.67. The van der Waals surface area contributed by atoms with Gasteiger partial charge in [0.2, 0.25) is 0 Å². The van der Waals surface area contributed by atoms with E-state index < -0.39 is 0 Å². The van der Waals surface area contributed by atoms with Crippen LogP contribution in [0.1, 0.15) is 16.7 Å². The van der Waals surface area contributed by atoms with E-state index in [2.05, 4.69) is 45.2 Å². The summed E-state index contributed by atoms with van der Waals surface area (Å²) in [7, 11) is 1.60. The Morgan fingerprint density at radius 2 is 1.96 bits per heavy atom. The fraction of sp³-hybridized carbons (Fsp3) is 0.158. The lowest BCUT2D eigenvalue weighted by Gasteiger charge is -2.13. The molecule has 0 saturated carbocycles. The Balaban J connectivity index is 1.90. The second-order valence-corrected chi connectivity index (χ2v) is 9.17. The number of imide groups is 1. The molecule has 1 fully saturated rings. The summed E-state index contributed by atoms with van der Waals surface area (Å²) in [4.78, 5) is 26.8. The quantitative estimate of drug-likeness (QED) is 0.351. The number of carbonyl (C=O) groups is 2. The molecule has 0 atom stereocenters. The highest BCUT2D eigenvalue weighted by atomic mass is 127. The molecule has 2 aromatic carbocycles. The van der Waals surface area contributed by atoms with Gasteiger partial charge < -0.3 is 4.74 Å². The van der Waals surface area contributed by atoms with Crippen molar-refractivity contribution in [1.82, 2.24) is 4.90 Å². The molecule has 2 amide bonds. The van der Waals surface area contributed by atoms with Crippen molar-refractivity contribution in [3.05, 3.63) is 65.1 Å².